The first-order chi connectivity index (χ1) is 13.5. The van der Waals surface area contributed by atoms with Crippen molar-refractivity contribution in [1.29, 1.82) is 5.26 Å². The molecule has 0 bridgehead atoms. The lowest BCUT2D eigenvalue weighted by atomic mass is 9.89. The third kappa shape index (κ3) is 3.10. The molecule has 1 saturated heterocycles. The summed E-state index contributed by atoms with van der Waals surface area (Å²) in [6.45, 7) is 2.33. The van der Waals surface area contributed by atoms with Crippen molar-refractivity contribution in [2.24, 2.45) is 0 Å². The van der Waals surface area contributed by atoms with E-state index >= 15 is 0 Å². The number of nitrogens with zero attached hydrogens (tertiary/aromatic N) is 6. The Labute approximate surface area is 162 Å². The molecule has 0 unspecified atom stereocenters. The predicted molar refractivity (Wildman–Crippen MR) is 103 cm³/mol. The summed E-state index contributed by atoms with van der Waals surface area (Å²) >= 11 is 0. The Hall–Kier alpha value is -2.97. The lowest BCUT2D eigenvalue weighted by Gasteiger charge is -2.47. The molecule has 28 heavy (non-hydrogen) atoms. The van der Waals surface area contributed by atoms with E-state index < -0.39 is 15.6 Å². The van der Waals surface area contributed by atoms with E-state index in [9.17, 15) is 13.7 Å². The molecule has 1 aliphatic heterocycles. The van der Waals surface area contributed by atoms with Gasteiger partial charge < -0.3 is 10.3 Å². The summed E-state index contributed by atoms with van der Waals surface area (Å²) in [5.41, 5.74) is 0.778. The van der Waals surface area contributed by atoms with Gasteiger partial charge in [0.15, 0.2) is 0 Å². The van der Waals surface area contributed by atoms with Crippen LogP contribution < -0.4 is 5.32 Å². The van der Waals surface area contributed by atoms with Crippen molar-refractivity contribution in [3.63, 3.8) is 0 Å². The number of H-pyrrole nitrogens is 1. The molecule has 146 valence electrons. The van der Waals surface area contributed by atoms with Gasteiger partial charge in [0.05, 0.1) is 35.5 Å². The second kappa shape index (κ2) is 6.88. The molecule has 1 fully saturated rings. The molecule has 3 aromatic heterocycles. The molecule has 0 spiro atoms. The monoisotopic (exact) mass is 400 g/mol. The number of hydrogen-bond donors (Lipinski definition) is 2. The van der Waals surface area contributed by atoms with E-state index in [1.165, 1.54) is 10.6 Å². The number of nitriles is 1. The van der Waals surface area contributed by atoms with Gasteiger partial charge in [0.2, 0.25) is 10.0 Å². The maximum absolute atomic E-state index is 12.3. The fourth-order valence-corrected chi connectivity index (χ4v) is 5.08. The van der Waals surface area contributed by atoms with Crippen LogP contribution in [0.2, 0.25) is 0 Å². The lowest BCUT2D eigenvalue weighted by Crippen LogP contribution is -2.64. The van der Waals surface area contributed by atoms with Crippen LogP contribution in [0.4, 0.5) is 11.5 Å². The molecule has 0 atom stereocenters. The summed E-state index contributed by atoms with van der Waals surface area (Å²) in [5, 5.41) is 17.7. The normalized spacial score (nSPS) is 16.6. The van der Waals surface area contributed by atoms with E-state index in [1.807, 2.05) is 13.0 Å². The summed E-state index contributed by atoms with van der Waals surface area (Å²) in [7, 11) is -3.28. The van der Waals surface area contributed by atoms with Crippen molar-refractivity contribution >= 4 is 32.6 Å². The highest BCUT2D eigenvalue weighted by molar-refractivity contribution is 7.89. The van der Waals surface area contributed by atoms with Crippen molar-refractivity contribution in [2.45, 2.75) is 25.3 Å². The number of rotatable bonds is 7. The van der Waals surface area contributed by atoms with Crippen molar-refractivity contribution in [2.75, 3.05) is 24.2 Å². The van der Waals surface area contributed by atoms with Crippen LogP contribution in [0.1, 0.15) is 19.8 Å². The number of aromatic nitrogens is 5. The molecule has 3 aromatic rings. The van der Waals surface area contributed by atoms with E-state index in [0.717, 1.165) is 11.0 Å². The largest absolute Gasteiger partial charge is 0.346 e. The zero-order valence-corrected chi connectivity index (χ0v) is 16.1. The molecule has 0 aromatic carbocycles. The Bertz CT molecular complexity index is 1140. The van der Waals surface area contributed by atoms with Gasteiger partial charge >= 0.3 is 0 Å². The van der Waals surface area contributed by atoms with Gasteiger partial charge in [-0.3, -0.25) is 4.68 Å². The van der Waals surface area contributed by atoms with E-state index in [4.69, 9.17) is 0 Å². The van der Waals surface area contributed by atoms with Gasteiger partial charge in [0.25, 0.3) is 0 Å². The Morgan fingerprint density at radius 3 is 2.96 bits per heavy atom. The molecular formula is C17H20N8O2S. The summed E-state index contributed by atoms with van der Waals surface area (Å²) in [5.74, 6) is 0.753. The Morgan fingerprint density at radius 2 is 2.21 bits per heavy atom. The molecule has 0 saturated carbocycles. The van der Waals surface area contributed by atoms with Crippen LogP contribution in [0, 0.1) is 11.3 Å². The number of nitrogens with one attached hydrogen (secondary N) is 2. The molecule has 1 aliphatic rings. The molecule has 4 heterocycles. The molecular weight excluding hydrogens is 380 g/mol. The second-order valence-electron chi connectivity index (χ2n) is 6.90. The topological polar surface area (TPSA) is 133 Å². The standard InChI is InChI=1S/C17H20N8O2S/c1-2-7-28(26,27)24-10-17(11-24,4-5-18)25-9-13(8-22-25)23-16-14-3-6-19-15(14)20-12-21-16/h3,6,8-9,12H,2,4,7,10-11H2,1H3,(H2,19,20,21,23). The lowest BCUT2D eigenvalue weighted by molar-refractivity contribution is 0.0718. The minimum atomic E-state index is -3.28. The molecule has 0 amide bonds. The van der Waals surface area contributed by atoms with Crippen molar-refractivity contribution in [1.82, 2.24) is 29.0 Å². The van der Waals surface area contributed by atoms with Crippen molar-refractivity contribution in [3.8, 4) is 6.07 Å². The van der Waals surface area contributed by atoms with E-state index in [2.05, 4.69) is 31.4 Å². The van der Waals surface area contributed by atoms with Crippen LogP contribution in [0.25, 0.3) is 11.0 Å². The van der Waals surface area contributed by atoms with E-state index in [0.29, 0.717) is 17.9 Å². The molecule has 2 N–H and O–H groups in total. The molecule has 4 rings (SSSR count). The van der Waals surface area contributed by atoms with Crippen LogP contribution in [-0.4, -0.2) is 56.3 Å². The van der Waals surface area contributed by atoms with Crippen LogP contribution in [0.3, 0.4) is 0 Å². The summed E-state index contributed by atoms with van der Waals surface area (Å²) < 4.78 is 27.6. The highest BCUT2D eigenvalue weighted by Gasteiger charge is 2.49. The molecule has 0 radical (unpaired) electrons. The average molecular weight is 400 g/mol. The van der Waals surface area contributed by atoms with Gasteiger partial charge in [-0.2, -0.15) is 14.7 Å². The smallest absolute Gasteiger partial charge is 0.214 e. The maximum atomic E-state index is 12.3. The first-order valence-electron chi connectivity index (χ1n) is 8.92. The average Bonchev–Trinajstić information content (AvgIpc) is 3.27. The first kappa shape index (κ1) is 18.4. The van der Waals surface area contributed by atoms with Gasteiger partial charge in [-0.05, 0) is 12.5 Å². The van der Waals surface area contributed by atoms with Gasteiger partial charge in [0.1, 0.15) is 23.3 Å². The number of anilines is 2. The predicted octanol–water partition coefficient (Wildman–Crippen LogP) is 1.56. The number of fused-ring (bicyclic) bond motifs is 1. The minimum absolute atomic E-state index is 0.113. The fourth-order valence-electron chi connectivity index (χ4n) is 3.43. The SMILES string of the molecule is CCCS(=O)(=O)N1CC(CC#N)(n2cc(Nc3ncnc4[nH]ccc34)cn2)C1. The first-order valence-corrected chi connectivity index (χ1v) is 10.5. The van der Waals surface area contributed by atoms with Crippen LogP contribution >= 0.6 is 0 Å². The van der Waals surface area contributed by atoms with E-state index in [-0.39, 0.29) is 25.3 Å². The maximum Gasteiger partial charge on any atom is 0.214 e. The molecule has 10 nitrogen and oxygen atoms in total. The molecule has 11 heteroatoms. The van der Waals surface area contributed by atoms with Gasteiger partial charge in [-0.25, -0.2) is 18.4 Å². The third-order valence-corrected chi connectivity index (χ3v) is 6.86. The van der Waals surface area contributed by atoms with Gasteiger partial charge in [0, 0.05) is 25.5 Å². The van der Waals surface area contributed by atoms with Crippen LogP contribution in [0.15, 0.2) is 31.0 Å². The van der Waals surface area contributed by atoms with Crippen LogP contribution in [0.5, 0.6) is 0 Å². The quantitative estimate of drug-likeness (QED) is 0.615. The third-order valence-electron chi connectivity index (χ3n) is 4.89. The zero-order chi connectivity index (χ0) is 19.8. The van der Waals surface area contributed by atoms with Crippen molar-refractivity contribution in [3.05, 3.63) is 31.0 Å². The fraction of sp³-hybridized carbons (Fsp3) is 0.412. The number of aromatic amines is 1. The van der Waals surface area contributed by atoms with Gasteiger partial charge in [-0.15, -0.1) is 0 Å². The van der Waals surface area contributed by atoms with E-state index in [1.54, 1.807) is 23.3 Å². The zero-order valence-electron chi connectivity index (χ0n) is 15.3. The van der Waals surface area contributed by atoms with Gasteiger partial charge in [-0.1, -0.05) is 6.92 Å². The number of sulfonamides is 1. The Morgan fingerprint density at radius 1 is 1.39 bits per heavy atom. The van der Waals surface area contributed by atoms with Crippen LogP contribution in [-0.2, 0) is 15.6 Å². The Balaban J connectivity index is 1.56. The van der Waals surface area contributed by atoms with Crippen molar-refractivity contribution < 1.29 is 8.42 Å². The highest BCUT2D eigenvalue weighted by atomic mass is 32.2. The highest BCUT2D eigenvalue weighted by Crippen LogP contribution is 2.35. The Kier molecular flexibility index (Phi) is 4.52. The summed E-state index contributed by atoms with van der Waals surface area (Å²) in [6.07, 6.45) is 7.42. The summed E-state index contributed by atoms with van der Waals surface area (Å²) in [4.78, 5) is 11.4. The summed E-state index contributed by atoms with van der Waals surface area (Å²) in [6, 6.07) is 4.04. The minimum Gasteiger partial charge on any atom is -0.346 e. The second-order valence-corrected chi connectivity index (χ2v) is 8.99. The number of hydrogen-bond acceptors (Lipinski definition) is 7. The molecule has 0 aliphatic carbocycles.